The molecule has 138 valence electrons. The van der Waals surface area contributed by atoms with Gasteiger partial charge in [0.05, 0.1) is 6.54 Å². The van der Waals surface area contributed by atoms with Gasteiger partial charge in [0.1, 0.15) is 0 Å². The van der Waals surface area contributed by atoms with E-state index in [-0.39, 0.29) is 5.41 Å². The lowest BCUT2D eigenvalue weighted by molar-refractivity contribution is 0.0530. The second-order valence-electron chi connectivity index (χ2n) is 7.62. The average molecular weight is 344 g/mol. The van der Waals surface area contributed by atoms with E-state index in [4.69, 9.17) is 9.73 Å². The number of nitrogens with zero attached hydrogens (tertiary/aromatic N) is 2. The van der Waals surface area contributed by atoms with Gasteiger partial charge in [-0.2, -0.15) is 0 Å². The van der Waals surface area contributed by atoms with Crippen LogP contribution in [0.4, 0.5) is 0 Å². The van der Waals surface area contributed by atoms with Gasteiger partial charge in [-0.25, -0.2) is 0 Å². The maximum atomic E-state index is 5.66. The Labute approximate surface area is 152 Å². The summed E-state index contributed by atoms with van der Waals surface area (Å²) < 4.78 is 5.66. The summed E-state index contributed by atoms with van der Waals surface area (Å²) in [6.07, 6.45) is 4.71. The Morgan fingerprint density at radius 2 is 2.04 bits per heavy atom. The van der Waals surface area contributed by atoms with E-state index >= 15 is 0 Å². The van der Waals surface area contributed by atoms with Gasteiger partial charge in [0, 0.05) is 38.3 Å². The molecular weight excluding hydrogens is 310 g/mol. The first-order valence-corrected chi connectivity index (χ1v) is 9.90. The van der Waals surface area contributed by atoms with Crippen LogP contribution in [0.1, 0.15) is 45.1 Å². The minimum absolute atomic E-state index is 0.113. The molecular formula is C21H33N3O. The molecule has 2 fully saturated rings. The van der Waals surface area contributed by atoms with Crippen molar-refractivity contribution in [3.8, 4) is 0 Å². The predicted molar refractivity (Wildman–Crippen MR) is 104 cm³/mol. The van der Waals surface area contributed by atoms with Gasteiger partial charge in [0.15, 0.2) is 5.96 Å². The van der Waals surface area contributed by atoms with Gasteiger partial charge in [-0.05, 0) is 44.1 Å². The SMILES string of the molecule is CCNC(=NCC1(c2ccccc2)CCOCC1)N1CCCC(C)C1. The summed E-state index contributed by atoms with van der Waals surface area (Å²) in [4.78, 5) is 7.57. The number of hydrogen-bond acceptors (Lipinski definition) is 2. The van der Waals surface area contributed by atoms with Gasteiger partial charge in [-0.3, -0.25) is 4.99 Å². The summed E-state index contributed by atoms with van der Waals surface area (Å²) in [5, 5.41) is 3.53. The van der Waals surface area contributed by atoms with Gasteiger partial charge in [-0.15, -0.1) is 0 Å². The highest BCUT2D eigenvalue weighted by Gasteiger charge is 2.34. The predicted octanol–water partition coefficient (Wildman–Crippen LogP) is 3.43. The maximum absolute atomic E-state index is 5.66. The van der Waals surface area contributed by atoms with Crippen LogP contribution >= 0.6 is 0 Å². The fraction of sp³-hybridized carbons (Fsp3) is 0.667. The number of rotatable bonds is 4. The van der Waals surface area contributed by atoms with E-state index in [9.17, 15) is 0 Å². The number of hydrogen-bond donors (Lipinski definition) is 1. The normalized spacial score (nSPS) is 24.2. The molecule has 1 aromatic rings. The van der Waals surface area contributed by atoms with Gasteiger partial charge in [0.2, 0.25) is 0 Å². The number of likely N-dealkylation sites (tertiary alicyclic amines) is 1. The first-order chi connectivity index (χ1) is 12.2. The van der Waals surface area contributed by atoms with Crippen molar-refractivity contribution in [2.75, 3.05) is 39.4 Å². The first-order valence-electron chi connectivity index (χ1n) is 9.90. The molecule has 0 spiro atoms. The van der Waals surface area contributed by atoms with E-state index in [1.807, 2.05) is 0 Å². The molecule has 2 heterocycles. The lowest BCUT2D eigenvalue weighted by atomic mass is 9.74. The Morgan fingerprint density at radius 1 is 1.28 bits per heavy atom. The summed E-state index contributed by atoms with van der Waals surface area (Å²) in [7, 11) is 0. The molecule has 2 aliphatic heterocycles. The van der Waals surface area contributed by atoms with Crippen LogP contribution in [-0.4, -0.2) is 50.3 Å². The molecule has 1 atom stereocenters. The van der Waals surface area contributed by atoms with Crippen molar-refractivity contribution in [1.82, 2.24) is 10.2 Å². The van der Waals surface area contributed by atoms with Gasteiger partial charge in [0.25, 0.3) is 0 Å². The van der Waals surface area contributed by atoms with Crippen LogP contribution in [0.25, 0.3) is 0 Å². The maximum Gasteiger partial charge on any atom is 0.193 e. The average Bonchev–Trinajstić information content (AvgIpc) is 2.66. The zero-order chi connectivity index (χ0) is 17.5. The van der Waals surface area contributed by atoms with Crippen LogP contribution in [0.3, 0.4) is 0 Å². The number of benzene rings is 1. The van der Waals surface area contributed by atoms with Gasteiger partial charge >= 0.3 is 0 Å². The van der Waals surface area contributed by atoms with Crippen molar-refractivity contribution in [2.24, 2.45) is 10.9 Å². The molecule has 0 aliphatic carbocycles. The quantitative estimate of drug-likeness (QED) is 0.672. The van der Waals surface area contributed by atoms with Crippen molar-refractivity contribution in [3.05, 3.63) is 35.9 Å². The highest BCUT2D eigenvalue weighted by Crippen LogP contribution is 2.35. The van der Waals surface area contributed by atoms with Crippen LogP contribution in [0.15, 0.2) is 35.3 Å². The Kier molecular flexibility index (Phi) is 6.35. The minimum atomic E-state index is 0.113. The highest BCUT2D eigenvalue weighted by atomic mass is 16.5. The number of guanidine groups is 1. The van der Waals surface area contributed by atoms with Crippen molar-refractivity contribution >= 4 is 5.96 Å². The molecule has 0 aromatic heterocycles. The van der Waals surface area contributed by atoms with E-state index in [0.29, 0.717) is 0 Å². The van der Waals surface area contributed by atoms with E-state index < -0.39 is 0 Å². The third-order valence-electron chi connectivity index (χ3n) is 5.66. The topological polar surface area (TPSA) is 36.9 Å². The molecule has 2 saturated heterocycles. The van der Waals surface area contributed by atoms with Crippen LogP contribution in [0.5, 0.6) is 0 Å². The molecule has 4 heteroatoms. The number of nitrogens with one attached hydrogen (secondary N) is 1. The van der Waals surface area contributed by atoms with Crippen LogP contribution in [-0.2, 0) is 10.2 Å². The zero-order valence-corrected chi connectivity index (χ0v) is 15.8. The summed E-state index contributed by atoms with van der Waals surface area (Å²) in [5.41, 5.74) is 1.52. The van der Waals surface area contributed by atoms with E-state index in [2.05, 4.69) is 54.4 Å². The Hall–Kier alpha value is -1.55. The molecule has 2 aliphatic rings. The highest BCUT2D eigenvalue weighted by molar-refractivity contribution is 5.80. The number of piperidine rings is 1. The largest absolute Gasteiger partial charge is 0.381 e. The molecule has 0 radical (unpaired) electrons. The summed E-state index contributed by atoms with van der Waals surface area (Å²) in [6.45, 7) is 10.2. The number of aliphatic imine (C=N–C) groups is 1. The van der Waals surface area contributed by atoms with Gasteiger partial charge in [-0.1, -0.05) is 37.3 Å². The van der Waals surface area contributed by atoms with Gasteiger partial charge < -0.3 is 15.0 Å². The van der Waals surface area contributed by atoms with Crippen molar-refractivity contribution in [3.63, 3.8) is 0 Å². The molecule has 0 bridgehead atoms. The van der Waals surface area contributed by atoms with E-state index in [1.54, 1.807) is 0 Å². The molecule has 4 nitrogen and oxygen atoms in total. The summed E-state index contributed by atoms with van der Waals surface area (Å²) in [6, 6.07) is 10.9. The van der Waals surface area contributed by atoms with Crippen molar-refractivity contribution in [1.29, 1.82) is 0 Å². The molecule has 3 rings (SSSR count). The Bertz CT molecular complexity index is 552. The first kappa shape index (κ1) is 18.2. The molecule has 25 heavy (non-hydrogen) atoms. The summed E-state index contributed by atoms with van der Waals surface area (Å²) in [5.74, 6) is 1.85. The second-order valence-corrected chi connectivity index (χ2v) is 7.62. The third kappa shape index (κ3) is 4.55. The number of ether oxygens (including phenoxy) is 1. The fourth-order valence-electron chi connectivity index (χ4n) is 4.13. The third-order valence-corrected chi connectivity index (χ3v) is 5.66. The fourth-order valence-corrected chi connectivity index (χ4v) is 4.13. The van der Waals surface area contributed by atoms with Crippen LogP contribution in [0, 0.1) is 5.92 Å². The van der Waals surface area contributed by atoms with Crippen molar-refractivity contribution < 1.29 is 4.74 Å². The smallest absolute Gasteiger partial charge is 0.193 e. The monoisotopic (exact) mass is 343 g/mol. The lowest BCUT2D eigenvalue weighted by Crippen LogP contribution is -2.47. The lowest BCUT2D eigenvalue weighted by Gasteiger charge is -2.38. The molecule has 0 amide bonds. The molecule has 1 N–H and O–H groups in total. The van der Waals surface area contributed by atoms with E-state index in [1.165, 1.54) is 18.4 Å². The Morgan fingerprint density at radius 3 is 2.72 bits per heavy atom. The molecule has 1 unspecified atom stereocenters. The van der Waals surface area contributed by atoms with Crippen LogP contribution in [0.2, 0.25) is 0 Å². The van der Waals surface area contributed by atoms with E-state index in [0.717, 1.165) is 64.1 Å². The molecule has 1 aromatic carbocycles. The standard InChI is InChI=1S/C21H33N3O/c1-3-22-20(24-13-7-8-18(2)16-24)23-17-21(11-14-25-15-12-21)19-9-5-4-6-10-19/h4-6,9-10,18H,3,7-8,11-17H2,1-2H3,(H,22,23). The zero-order valence-electron chi connectivity index (χ0n) is 15.8. The Balaban J connectivity index is 1.80. The minimum Gasteiger partial charge on any atom is -0.381 e. The van der Waals surface area contributed by atoms with Crippen molar-refractivity contribution in [2.45, 2.75) is 44.9 Å². The van der Waals surface area contributed by atoms with Crippen LogP contribution < -0.4 is 5.32 Å². The molecule has 0 saturated carbocycles. The summed E-state index contributed by atoms with van der Waals surface area (Å²) >= 11 is 0. The second kappa shape index (κ2) is 8.70.